The van der Waals surface area contributed by atoms with Crippen LogP contribution in [-0.2, 0) is 16.6 Å². The first kappa shape index (κ1) is 17.3. The number of rotatable bonds is 8. The molecule has 0 saturated heterocycles. The van der Waals surface area contributed by atoms with Gasteiger partial charge in [0.05, 0.1) is 0 Å². The molecule has 0 aromatic carbocycles. The van der Waals surface area contributed by atoms with Crippen LogP contribution in [0.2, 0.25) is 0 Å². The van der Waals surface area contributed by atoms with Gasteiger partial charge in [0, 0.05) is 17.8 Å². The van der Waals surface area contributed by atoms with Crippen molar-refractivity contribution >= 4 is 33.1 Å². The molecule has 1 heterocycles. The second kappa shape index (κ2) is 7.97. The molecule has 2 atom stereocenters. The molecule has 1 fully saturated rings. The Labute approximate surface area is 136 Å². The Hall–Kier alpha value is -0.0800. The van der Waals surface area contributed by atoms with Crippen LogP contribution in [0.25, 0.3) is 0 Å². The van der Waals surface area contributed by atoms with Gasteiger partial charge >= 0.3 is 0 Å². The summed E-state index contributed by atoms with van der Waals surface area (Å²) in [6, 6.07) is 1.88. The van der Waals surface area contributed by atoms with Gasteiger partial charge in [0.1, 0.15) is 4.21 Å². The number of thioether (sulfide) groups is 1. The van der Waals surface area contributed by atoms with Gasteiger partial charge in [0.25, 0.3) is 0 Å². The molecule has 4 nitrogen and oxygen atoms in total. The van der Waals surface area contributed by atoms with Crippen LogP contribution in [0.15, 0.2) is 15.7 Å². The summed E-state index contributed by atoms with van der Waals surface area (Å²) < 4.78 is 28.1. The van der Waals surface area contributed by atoms with Crippen LogP contribution < -0.4 is 10.0 Å². The fourth-order valence-corrected chi connectivity index (χ4v) is 6.22. The van der Waals surface area contributed by atoms with E-state index in [0.29, 0.717) is 9.46 Å². The predicted molar refractivity (Wildman–Crippen MR) is 91.6 cm³/mol. The molecule has 0 spiro atoms. The highest BCUT2D eigenvalue weighted by Crippen LogP contribution is 2.31. The van der Waals surface area contributed by atoms with Crippen LogP contribution in [0.4, 0.5) is 0 Å². The van der Waals surface area contributed by atoms with Crippen molar-refractivity contribution in [3.8, 4) is 0 Å². The van der Waals surface area contributed by atoms with Gasteiger partial charge in [0.15, 0.2) is 0 Å². The van der Waals surface area contributed by atoms with Gasteiger partial charge < -0.3 is 5.32 Å². The molecule has 2 N–H and O–H groups in total. The van der Waals surface area contributed by atoms with Crippen molar-refractivity contribution in [1.82, 2.24) is 10.0 Å². The highest BCUT2D eigenvalue weighted by atomic mass is 32.2. The highest BCUT2D eigenvalue weighted by molar-refractivity contribution is 7.99. The number of hydrogen-bond acceptors (Lipinski definition) is 5. The molecular weight excluding hydrogens is 324 g/mol. The van der Waals surface area contributed by atoms with Gasteiger partial charge in [-0.3, -0.25) is 0 Å². The molecule has 0 aliphatic heterocycles. The topological polar surface area (TPSA) is 58.2 Å². The maximum atomic E-state index is 12.4. The summed E-state index contributed by atoms with van der Waals surface area (Å²) in [4.78, 5) is 0. The lowest BCUT2D eigenvalue weighted by Gasteiger charge is -2.12. The van der Waals surface area contributed by atoms with Gasteiger partial charge in [-0.15, -0.1) is 11.3 Å². The lowest BCUT2D eigenvalue weighted by atomic mass is 10.3. The first-order valence-corrected chi connectivity index (χ1v) is 10.9. The van der Waals surface area contributed by atoms with Crippen molar-refractivity contribution in [3.63, 3.8) is 0 Å². The molecule has 1 aromatic heterocycles. The SMILES string of the molecule is CCNCc1csc(S(=O)(=O)NC2CCC(SCC)C2)c1. The molecule has 1 aliphatic rings. The molecule has 1 aliphatic carbocycles. The summed E-state index contributed by atoms with van der Waals surface area (Å²) in [5.41, 5.74) is 1.04. The van der Waals surface area contributed by atoms with Crippen LogP contribution in [0, 0.1) is 0 Å². The van der Waals surface area contributed by atoms with Crippen molar-refractivity contribution in [1.29, 1.82) is 0 Å². The standard InChI is InChI=1S/C14H24N2O2S3/c1-3-15-9-11-7-14(20-10-11)21(17,18)16-12-5-6-13(8-12)19-4-2/h7,10,12-13,15-16H,3-6,8-9H2,1-2H3. The zero-order chi connectivity index (χ0) is 15.3. The third-order valence-corrected chi connectivity index (χ3v) is 7.82. The van der Waals surface area contributed by atoms with Crippen LogP contribution in [0.3, 0.4) is 0 Å². The van der Waals surface area contributed by atoms with Gasteiger partial charge in [0.2, 0.25) is 10.0 Å². The fourth-order valence-electron chi connectivity index (χ4n) is 2.57. The molecule has 1 saturated carbocycles. The smallest absolute Gasteiger partial charge is 0.250 e. The average molecular weight is 349 g/mol. The Kier molecular flexibility index (Phi) is 6.55. The summed E-state index contributed by atoms with van der Waals surface area (Å²) in [6.07, 6.45) is 3.02. The number of sulfonamides is 1. The summed E-state index contributed by atoms with van der Waals surface area (Å²) >= 11 is 3.24. The van der Waals surface area contributed by atoms with Gasteiger partial charge in [-0.1, -0.05) is 13.8 Å². The first-order valence-electron chi connectivity index (χ1n) is 7.47. The van der Waals surface area contributed by atoms with E-state index in [1.807, 2.05) is 24.1 Å². The van der Waals surface area contributed by atoms with E-state index < -0.39 is 10.0 Å². The minimum atomic E-state index is -3.35. The first-order chi connectivity index (χ1) is 10.0. The van der Waals surface area contributed by atoms with Crippen molar-refractivity contribution < 1.29 is 8.42 Å². The zero-order valence-corrected chi connectivity index (χ0v) is 15.0. The molecule has 2 rings (SSSR count). The van der Waals surface area contributed by atoms with E-state index in [1.54, 1.807) is 6.07 Å². The minimum absolute atomic E-state index is 0.0957. The Morgan fingerprint density at radius 3 is 2.90 bits per heavy atom. The Morgan fingerprint density at radius 2 is 2.19 bits per heavy atom. The second-order valence-corrected chi connectivity index (χ2v) is 9.69. The van der Waals surface area contributed by atoms with Crippen molar-refractivity contribution in [2.75, 3.05) is 12.3 Å². The molecule has 2 unspecified atom stereocenters. The highest BCUT2D eigenvalue weighted by Gasteiger charge is 2.29. The Balaban J connectivity index is 1.94. The maximum Gasteiger partial charge on any atom is 0.250 e. The largest absolute Gasteiger partial charge is 0.313 e. The van der Waals surface area contributed by atoms with Gasteiger partial charge in [-0.2, -0.15) is 11.8 Å². The van der Waals surface area contributed by atoms with Gasteiger partial charge in [-0.25, -0.2) is 13.1 Å². The molecule has 7 heteroatoms. The molecule has 21 heavy (non-hydrogen) atoms. The normalized spacial score (nSPS) is 22.8. The summed E-state index contributed by atoms with van der Waals surface area (Å²) in [7, 11) is -3.35. The molecule has 1 aromatic rings. The van der Waals surface area contributed by atoms with E-state index in [-0.39, 0.29) is 6.04 Å². The lowest BCUT2D eigenvalue weighted by molar-refractivity contribution is 0.554. The fraction of sp³-hybridized carbons (Fsp3) is 0.714. The monoisotopic (exact) mass is 348 g/mol. The Bertz CT molecular complexity index is 542. The summed E-state index contributed by atoms with van der Waals surface area (Å²) in [5.74, 6) is 1.10. The summed E-state index contributed by atoms with van der Waals surface area (Å²) in [6.45, 7) is 5.80. The third-order valence-electron chi connectivity index (χ3n) is 3.58. The second-order valence-electron chi connectivity index (χ2n) is 5.26. The summed E-state index contributed by atoms with van der Waals surface area (Å²) in [5, 5.41) is 5.74. The van der Waals surface area contributed by atoms with E-state index >= 15 is 0 Å². The Morgan fingerprint density at radius 1 is 1.38 bits per heavy atom. The van der Waals surface area contributed by atoms with E-state index in [1.165, 1.54) is 11.3 Å². The quantitative estimate of drug-likeness (QED) is 0.758. The third kappa shape index (κ3) is 4.96. The van der Waals surface area contributed by atoms with E-state index in [2.05, 4.69) is 17.0 Å². The average Bonchev–Trinajstić information content (AvgIpc) is 3.06. The van der Waals surface area contributed by atoms with Crippen molar-refractivity contribution in [2.24, 2.45) is 0 Å². The van der Waals surface area contributed by atoms with E-state index in [4.69, 9.17) is 0 Å². The molecule has 120 valence electrons. The van der Waals surface area contributed by atoms with Gasteiger partial charge in [-0.05, 0) is 48.6 Å². The maximum absolute atomic E-state index is 12.4. The van der Waals surface area contributed by atoms with Crippen molar-refractivity contribution in [2.45, 2.75) is 55.2 Å². The van der Waals surface area contributed by atoms with E-state index in [9.17, 15) is 8.42 Å². The number of thiophene rings is 1. The zero-order valence-electron chi connectivity index (χ0n) is 12.6. The lowest BCUT2D eigenvalue weighted by Crippen LogP contribution is -2.32. The number of hydrogen-bond donors (Lipinski definition) is 2. The van der Waals surface area contributed by atoms with Crippen LogP contribution >= 0.6 is 23.1 Å². The number of nitrogens with one attached hydrogen (secondary N) is 2. The van der Waals surface area contributed by atoms with Crippen LogP contribution in [0.5, 0.6) is 0 Å². The predicted octanol–water partition coefficient (Wildman–Crippen LogP) is 2.81. The van der Waals surface area contributed by atoms with Crippen LogP contribution in [-0.4, -0.2) is 32.0 Å². The van der Waals surface area contributed by atoms with Crippen LogP contribution in [0.1, 0.15) is 38.7 Å². The molecule has 0 amide bonds. The molecule has 0 bridgehead atoms. The molecule has 0 radical (unpaired) electrons. The minimum Gasteiger partial charge on any atom is -0.313 e. The molecular formula is C14H24N2O2S3. The van der Waals surface area contributed by atoms with E-state index in [0.717, 1.165) is 43.7 Å². The van der Waals surface area contributed by atoms with Crippen molar-refractivity contribution in [3.05, 3.63) is 17.0 Å².